The van der Waals surface area contributed by atoms with Gasteiger partial charge in [0.1, 0.15) is 5.69 Å². The van der Waals surface area contributed by atoms with Crippen LogP contribution in [0.1, 0.15) is 41.2 Å². The molecule has 0 fully saturated rings. The Labute approximate surface area is 109 Å². The Hall–Kier alpha value is -1.82. The van der Waals surface area contributed by atoms with Gasteiger partial charge in [0.25, 0.3) is 5.91 Å². The molecule has 0 aliphatic heterocycles. The maximum Gasteiger partial charge on any atom is 0.271 e. The summed E-state index contributed by atoms with van der Waals surface area (Å²) in [4.78, 5) is 13.2. The van der Waals surface area contributed by atoms with E-state index in [0.29, 0.717) is 11.4 Å². The third-order valence-electron chi connectivity index (χ3n) is 2.67. The zero-order valence-electron chi connectivity index (χ0n) is 10.1. The first kappa shape index (κ1) is 12.6. The molecule has 1 amide bonds. The van der Waals surface area contributed by atoms with E-state index < -0.39 is 0 Å². The van der Waals surface area contributed by atoms with E-state index in [0.717, 1.165) is 17.7 Å². The maximum atomic E-state index is 12.0. The molecule has 1 atom stereocenters. The summed E-state index contributed by atoms with van der Waals surface area (Å²) >= 11 is 1.64. The summed E-state index contributed by atoms with van der Waals surface area (Å²) in [5.41, 5.74) is 6.35. The number of nitrogens with one attached hydrogen (secondary N) is 2. The molecule has 1 unspecified atom stereocenters. The van der Waals surface area contributed by atoms with E-state index in [1.807, 2.05) is 17.5 Å². The number of rotatable bonds is 5. The highest BCUT2D eigenvalue weighted by molar-refractivity contribution is 7.10. The van der Waals surface area contributed by atoms with Crippen molar-refractivity contribution in [2.24, 2.45) is 0 Å². The van der Waals surface area contributed by atoms with E-state index in [4.69, 9.17) is 5.73 Å². The number of nitrogens with zero attached hydrogens (tertiary/aromatic N) is 1. The van der Waals surface area contributed by atoms with Gasteiger partial charge in [-0.05, 0) is 17.9 Å². The largest absolute Gasteiger partial charge is 0.396 e. The summed E-state index contributed by atoms with van der Waals surface area (Å²) in [6.07, 6.45) is 3.34. The molecule has 2 aromatic rings. The topological polar surface area (TPSA) is 83.8 Å². The number of anilines is 1. The van der Waals surface area contributed by atoms with Crippen LogP contribution in [0, 0.1) is 0 Å². The fraction of sp³-hybridized carbons (Fsp3) is 0.333. The number of carbonyl (C=O) groups excluding carboxylic acids is 1. The summed E-state index contributed by atoms with van der Waals surface area (Å²) in [5.74, 6) is -0.211. The fourth-order valence-electron chi connectivity index (χ4n) is 1.77. The normalized spacial score (nSPS) is 12.3. The second kappa shape index (κ2) is 5.68. The third kappa shape index (κ3) is 2.70. The van der Waals surface area contributed by atoms with Gasteiger partial charge in [0.05, 0.1) is 17.9 Å². The van der Waals surface area contributed by atoms with Gasteiger partial charge in [0.15, 0.2) is 0 Å². The number of hydrogen-bond acceptors (Lipinski definition) is 4. The third-order valence-corrected chi connectivity index (χ3v) is 3.65. The molecule has 96 valence electrons. The predicted octanol–water partition coefficient (Wildman–Crippen LogP) is 2.32. The molecule has 0 aliphatic rings. The number of aromatic amines is 1. The number of H-pyrrole nitrogens is 1. The second-order valence-electron chi connectivity index (χ2n) is 4.03. The van der Waals surface area contributed by atoms with Gasteiger partial charge in [0.2, 0.25) is 0 Å². The van der Waals surface area contributed by atoms with Crippen LogP contribution in [-0.2, 0) is 0 Å². The van der Waals surface area contributed by atoms with Crippen molar-refractivity contribution < 1.29 is 4.79 Å². The Balaban J connectivity index is 2.10. The van der Waals surface area contributed by atoms with Crippen LogP contribution < -0.4 is 11.1 Å². The molecule has 18 heavy (non-hydrogen) atoms. The fourth-order valence-corrected chi connectivity index (χ4v) is 2.58. The summed E-state index contributed by atoms with van der Waals surface area (Å²) in [6.45, 7) is 2.09. The first-order valence-corrected chi connectivity index (χ1v) is 6.73. The zero-order chi connectivity index (χ0) is 13.0. The lowest BCUT2D eigenvalue weighted by molar-refractivity contribution is 0.0931. The van der Waals surface area contributed by atoms with Crippen molar-refractivity contribution >= 4 is 22.9 Å². The molecule has 2 heterocycles. The maximum absolute atomic E-state index is 12.0. The highest BCUT2D eigenvalue weighted by Crippen LogP contribution is 2.23. The van der Waals surface area contributed by atoms with Crippen LogP contribution in [0.15, 0.2) is 23.7 Å². The van der Waals surface area contributed by atoms with Crippen molar-refractivity contribution in [3.63, 3.8) is 0 Å². The molecular formula is C12H16N4OS. The zero-order valence-corrected chi connectivity index (χ0v) is 11.0. The lowest BCUT2D eigenvalue weighted by atomic mass is 10.1. The summed E-state index contributed by atoms with van der Waals surface area (Å²) in [7, 11) is 0. The predicted molar refractivity (Wildman–Crippen MR) is 72.4 cm³/mol. The van der Waals surface area contributed by atoms with Gasteiger partial charge in [-0.15, -0.1) is 11.3 Å². The van der Waals surface area contributed by atoms with Crippen molar-refractivity contribution in [3.8, 4) is 0 Å². The van der Waals surface area contributed by atoms with Gasteiger partial charge < -0.3 is 11.1 Å². The minimum absolute atomic E-state index is 0.0326. The molecule has 0 aliphatic carbocycles. The van der Waals surface area contributed by atoms with Gasteiger partial charge in [-0.3, -0.25) is 9.89 Å². The first-order valence-electron chi connectivity index (χ1n) is 5.85. The minimum Gasteiger partial charge on any atom is -0.396 e. The number of hydrogen-bond donors (Lipinski definition) is 3. The molecule has 0 aromatic carbocycles. The molecule has 2 aromatic heterocycles. The second-order valence-corrected chi connectivity index (χ2v) is 5.01. The lowest BCUT2D eigenvalue weighted by Gasteiger charge is -2.16. The summed E-state index contributed by atoms with van der Waals surface area (Å²) < 4.78 is 0. The van der Waals surface area contributed by atoms with Crippen LogP contribution >= 0.6 is 11.3 Å². The highest BCUT2D eigenvalue weighted by atomic mass is 32.1. The van der Waals surface area contributed by atoms with Crippen LogP contribution in [0.4, 0.5) is 5.69 Å². The van der Waals surface area contributed by atoms with E-state index in [1.165, 1.54) is 6.20 Å². The molecule has 0 saturated heterocycles. The Morgan fingerprint density at radius 2 is 2.50 bits per heavy atom. The van der Waals surface area contributed by atoms with Crippen molar-refractivity contribution in [1.82, 2.24) is 15.5 Å². The molecular weight excluding hydrogens is 248 g/mol. The molecule has 0 radical (unpaired) electrons. The Kier molecular flexibility index (Phi) is 3.99. The SMILES string of the molecule is CCCC(NC(=O)c1[nH]ncc1N)c1cccs1. The van der Waals surface area contributed by atoms with Crippen LogP contribution in [0.5, 0.6) is 0 Å². The van der Waals surface area contributed by atoms with Crippen LogP contribution in [0.3, 0.4) is 0 Å². The van der Waals surface area contributed by atoms with E-state index in [-0.39, 0.29) is 11.9 Å². The average molecular weight is 264 g/mol. The van der Waals surface area contributed by atoms with Gasteiger partial charge in [0, 0.05) is 4.88 Å². The summed E-state index contributed by atoms with van der Waals surface area (Å²) in [6, 6.07) is 4.05. The van der Waals surface area contributed by atoms with Crippen LogP contribution in [0.2, 0.25) is 0 Å². The Morgan fingerprint density at radius 1 is 1.67 bits per heavy atom. The quantitative estimate of drug-likeness (QED) is 0.775. The van der Waals surface area contributed by atoms with E-state index in [1.54, 1.807) is 11.3 Å². The van der Waals surface area contributed by atoms with Crippen molar-refractivity contribution in [3.05, 3.63) is 34.3 Å². The van der Waals surface area contributed by atoms with Crippen LogP contribution in [-0.4, -0.2) is 16.1 Å². The molecule has 4 N–H and O–H groups in total. The number of thiophene rings is 1. The lowest BCUT2D eigenvalue weighted by Crippen LogP contribution is -2.28. The molecule has 0 bridgehead atoms. The summed E-state index contributed by atoms with van der Waals surface area (Å²) in [5, 5.41) is 11.4. The first-order chi connectivity index (χ1) is 8.72. The van der Waals surface area contributed by atoms with Crippen molar-refractivity contribution in [1.29, 1.82) is 0 Å². The van der Waals surface area contributed by atoms with E-state index >= 15 is 0 Å². The molecule has 6 heteroatoms. The number of nitrogen functional groups attached to an aromatic ring is 1. The molecule has 5 nitrogen and oxygen atoms in total. The standard InChI is InChI=1S/C12H16N4OS/c1-2-4-9(10-5-3-6-18-10)15-12(17)11-8(13)7-14-16-11/h3,5-7,9H,2,4,13H2,1H3,(H,14,16)(H,15,17). The van der Waals surface area contributed by atoms with Gasteiger partial charge in [-0.1, -0.05) is 19.4 Å². The smallest absolute Gasteiger partial charge is 0.271 e. The number of nitrogens with two attached hydrogens (primary N) is 1. The number of carbonyl (C=O) groups is 1. The number of amides is 1. The minimum atomic E-state index is -0.211. The van der Waals surface area contributed by atoms with Gasteiger partial charge in [-0.2, -0.15) is 5.10 Å². The number of aromatic nitrogens is 2. The Bertz CT molecular complexity index is 506. The van der Waals surface area contributed by atoms with Crippen molar-refractivity contribution in [2.75, 3.05) is 5.73 Å². The van der Waals surface area contributed by atoms with Crippen molar-refractivity contribution in [2.45, 2.75) is 25.8 Å². The highest BCUT2D eigenvalue weighted by Gasteiger charge is 2.18. The van der Waals surface area contributed by atoms with E-state index in [9.17, 15) is 4.79 Å². The Morgan fingerprint density at radius 3 is 3.06 bits per heavy atom. The van der Waals surface area contributed by atoms with Gasteiger partial charge >= 0.3 is 0 Å². The molecule has 0 spiro atoms. The average Bonchev–Trinajstić information content (AvgIpc) is 2.98. The molecule has 2 rings (SSSR count). The van der Waals surface area contributed by atoms with E-state index in [2.05, 4.69) is 22.4 Å². The van der Waals surface area contributed by atoms with Gasteiger partial charge in [-0.25, -0.2) is 0 Å². The monoisotopic (exact) mass is 264 g/mol. The molecule has 0 saturated carbocycles. The van der Waals surface area contributed by atoms with Crippen LogP contribution in [0.25, 0.3) is 0 Å².